The van der Waals surface area contributed by atoms with Crippen molar-refractivity contribution in [3.05, 3.63) is 23.8 Å². The summed E-state index contributed by atoms with van der Waals surface area (Å²) >= 11 is 0. The van der Waals surface area contributed by atoms with Crippen molar-refractivity contribution in [3.63, 3.8) is 0 Å². The summed E-state index contributed by atoms with van der Waals surface area (Å²) in [6.07, 6.45) is 0. The van der Waals surface area contributed by atoms with Crippen LogP contribution in [0.2, 0.25) is 0 Å². The minimum Gasteiger partial charge on any atom is -0.496 e. The molecule has 1 aromatic rings. The molecule has 5 heteroatoms. The second-order valence-corrected chi connectivity index (χ2v) is 8.40. The van der Waals surface area contributed by atoms with Crippen LogP contribution in [0.3, 0.4) is 0 Å². The van der Waals surface area contributed by atoms with Crippen molar-refractivity contribution in [2.45, 2.75) is 32.4 Å². The number of ether oxygens (including phenoxy) is 1. The number of aryl methyl sites for hydroxylation is 1. The molecule has 0 amide bonds. The summed E-state index contributed by atoms with van der Waals surface area (Å²) in [5.74, 6) is 0.953. The summed E-state index contributed by atoms with van der Waals surface area (Å²) in [7, 11) is -1.45. The van der Waals surface area contributed by atoms with E-state index >= 15 is 0 Å². The Morgan fingerprint density at radius 1 is 1.26 bits per heavy atom. The number of hydrogen-bond acceptors (Lipinski definition) is 4. The minimum atomic E-state index is -3.08. The van der Waals surface area contributed by atoms with E-state index < -0.39 is 14.6 Å². The first-order chi connectivity index (χ1) is 8.67. The van der Waals surface area contributed by atoms with E-state index in [0.29, 0.717) is 6.54 Å². The number of hydrogen-bond donors (Lipinski definition) is 1. The Hall–Kier alpha value is -1.23. The Kier molecular flexibility index (Phi) is 4.85. The van der Waals surface area contributed by atoms with Crippen LogP contribution in [0.15, 0.2) is 18.2 Å². The summed E-state index contributed by atoms with van der Waals surface area (Å²) in [6, 6.07) is 5.70. The van der Waals surface area contributed by atoms with Crippen LogP contribution in [0.4, 0.5) is 5.69 Å². The van der Waals surface area contributed by atoms with E-state index in [1.54, 1.807) is 27.9 Å². The second-order valence-electron chi connectivity index (χ2n) is 5.54. The molecule has 0 bridgehead atoms. The smallest absolute Gasteiger partial charge is 0.156 e. The van der Waals surface area contributed by atoms with Crippen LogP contribution in [0, 0.1) is 6.92 Å². The van der Waals surface area contributed by atoms with Crippen molar-refractivity contribution < 1.29 is 13.2 Å². The van der Waals surface area contributed by atoms with Gasteiger partial charge in [-0.3, -0.25) is 0 Å². The number of benzene rings is 1. The van der Waals surface area contributed by atoms with Crippen LogP contribution in [-0.2, 0) is 9.84 Å². The predicted molar refractivity (Wildman–Crippen MR) is 79.8 cm³/mol. The highest BCUT2D eigenvalue weighted by Gasteiger charge is 2.28. The van der Waals surface area contributed by atoms with E-state index in [0.717, 1.165) is 17.0 Å². The Labute approximate surface area is 116 Å². The molecule has 4 nitrogen and oxygen atoms in total. The lowest BCUT2D eigenvalue weighted by Gasteiger charge is -2.19. The summed E-state index contributed by atoms with van der Waals surface area (Å²) in [4.78, 5) is 0. The molecule has 0 spiro atoms. The highest BCUT2D eigenvalue weighted by atomic mass is 32.2. The minimum absolute atomic E-state index is 0.127. The van der Waals surface area contributed by atoms with E-state index in [4.69, 9.17) is 4.74 Å². The van der Waals surface area contributed by atoms with Gasteiger partial charge in [-0.05, 0) is 51.5 Å². The molecule has 0 saturated heterocycles. The maximum absolute atomic E-state index is 11.9. The molecule has 0 unspecified atom stereocenters. The zero-order chi connectivity index (χ0) is 14.7. The first kappa shape index (κ1) is 15.8. The maximum atomic E-state index is 11.9. The topological polar surface area (TPSA) is 55.4 Å². The predicted octanol–water partition coefficient (Wildman–Crippen LogP) is 2.63. The Balaban J connectivity index is 2.62. The Bertz CT molecular complexity index is 530. The van der Waals surface area contributed by atoms with E-state index in [1.807, 2.05) is 25.1 Å². The molecule has 0 aliphatic carbocycles. The van der Waals surface area contributed by atoms with Crippen LogP contribution in [0.1, 0.15) is 26.3 Å². The van der Waals surface area contributed by atoms with Crippen LogP contribution in [0.25, 0.3) is 0 Å². The first-order valence-corrected chi connectivity index (χ1v) is 7.93. The van der Waals surface area contributed by atoms with Gasteiger partial charge in [0.05, 0.1) is 17.6 Å². The average molecular weight is 285 g/mol. The molecule has 108 valence electrons. The van der Waals surface area contributed by atoms with Crippen LogP contribution >= 0.6 is 0 Å². The van der Waals surface area contributed by atoms with Crippen molar-refractivity contribution in [2.75, 3.05) is 24.7 Å². The zero-order valence-corrected chi connectivity index (χ0v) is 13.1. The zero-order valence-electron chi connectivity index (χ0n) is 12.3. The molecule has 1 N–H and O–H groups in total. The van der Waals surface area contributed by atoms with Gasteiger partial charge in [-0.15, -0.1) is 0 Å². The van der Waals surface area contributed by atoms with Gasteiger partial charge in [0.1, 0.15) is 5.75 Å². The van der Waals surface area contributed by atoms with Gasteiger partial charge in [0.15, 0.2) is 9.84 Å². The van der Waals surface area contributed by atoms with Gasteiger partial charge in [0, 0.05) is 12.2 Å². The van der Waals surface area contributed by atoms with Crippen molar-refractivity contribution >= 4 is 15.5 Å². The standard InChI is InChI=1S/C14H23NO3S/c1-11-10-12(6-7-13(11)18-5)15-8-9-19(16,17)14(2,3)4/h6-7,10,15H,8-9H2,1-5H3. The molecule has 0 aliphatic rings. The third-order valence-electron chi connectivity index (χ3n) is 3.03. The summed E-state index contributed by atoms with van der Waals surface area (Å²) in [5.41, 5.74) is 1.92. The van der Waals surface area contributed by atoms with Gasteiger partial charge in [-0.25, -0.2) is 8.42 Å². The summed E-state index contributed by atoms with van der Waals surface area (Å²) in [5, 5.41) is 3.13. The largest absolute Gasteiger partial charge is 0.496 e. The third kappa shape index (κ3) is 4.13. The number of anilines is 1. The fraction of sp³-hybridized carbons (Fsp3) is 0.571. The maximum Gasteiger partial charge on any atom is 0.156 e. The van der Waals surface area contributed by atoms with Crippen molar-refractivity contribution in [1.82, 2.24) is 0 Å². The highest BCUT2D eigenvalue weighted by molar-refractivity contribution is 7.92. The number of rotatable bonds is 5. The van der Waals surface area contributed by atoms with Gasteiger partial charge >= 0.3 is 0 Å². The molecular weight excluding hydrogens is 262 g/mol. The van der Waals surface area contributed by atoms with Crippen LogP contribution in [-0.4, -0.2) is 32.6 Å². The van der Waals surface area contributed by atoms with Crippen LogP contribution < -0.4 is 10.1 Å². The third-order valence-corrected chi connectivity index (χ3v) is 5.64. The SMILES string of the molecule is COc1ccc(NCCS(=O)(=O)C(C)(C)C)cc1C. The van der Waals surface area contributed by atoms with Gasteiger partial charge in [-0.2, -0.15) is 0 Å². The number of methoxy groups -OCH3 is 1. The average Bonchev–Trinajstić information content (AvgIpc) is 2.27. The molecule has 0 fully saturated rings. The first-order valence-electron chi connectivity index (χ1n) is 6.28. The van der Waals surface area contributed by atoms with Gasteiger partial charge < -0.3 is 10.1 Å². The molecule has 0 atom stereocenters. The molecule has 0 aliphatic heterocycles. The molecule has 19 heavy (non-hydrogen) atoms. The van der Waals surface area contributed by atoms with E-state index in [2.05, 4.69) is 5.32 Å². The van der Waals surface area contributed by atoms with Gasteiger partial charge in [-0.1, -0.05) is 0 Å². The fourth-order valence-electron chi connectivity index (χ4n) is 1.62. The lowest BCUT2D eigenvalue weighted by atomic mass is 10.2. The second kappa shape index (κ2) is 5.82. The molecule has 0 saturated carbocycles. The lowest BCUT2D eigenvalue weighted by molar-refractivity contribution is 0.412. The van der Waals surface area contributed by atoms with Crippen LogP contribution in [0.5, 0.6) is 5.75 Å². The molecular formula is C14H23NO3S. The van der Waals surface area contributed by atoms with E-state index in [9.17, 15) is 8.42 Å². The fourth-order valence-corrected chi connectivity index (χ4v) is 2.61. The Morgan fingerprint density at radius 2 is 1.89 bits per heavy atom. The van der Waals surface area contributed by atoms with E-state index in [1.165, 1.54) is 0 Å². The van der Waals surface area contributed by atoms with Crippen molar-refractivity contribution in [2.24, 2.45) is 0 Å². The summed E-state index contributed by atoms with van der Waals surface area (Å²) < 4.78 is 28.4. The molecule has 1 rings (SSSR count). The molecule has 0 aromatic heterocycles. The Morgan fingerprint density at radius 3 is 2.37 bits per heavy atom. The highest BCUT2D eigenvalue weighted by Crippen LogP contribution is 2.21. The number of sulfone groups is 1. The van der Waals surface area contributed by atoms with E-state index in [-0.39, 0.29) is 5.75 Å². The monoisotopic (exact) mass is 285 g/mol. The quantitative estimate of drug-likeness (QED) is 0.903. The van der Waals surface area contributed by atoms with Crippen molar-refractivity contribution in [3.8, 4) is 5.75 Å². The molecule has 0 radical (unpaired) electrons. The van der Waals surface area contributed by atoms with Gasteiger partial charge in [0.25, 0.3) is 0 Å². The number of nitrogens with one attached hydrogen (secondary N) is 1. The van der Waals surface area contributed by atoms with Gasteiger partial charge in [0.2, 0.25) is 0 Å². The summed E-state index contributed by atoms with van der Waals surface area (Å²) in [6.45, 7) is 7.53. The lowest BCUT2D eigenvalue weighted by Crippen LogP contribution is -2.32. The van der Waals surface area contributed by atoms with Crippen molar-refractivity contribution in [1.29, 1.82) is 0 Å². The molecule has 1 aromatic carbocycles. The molecule has 0 heterocycles. The normalized spacial score (nSPS) is 12.3.